The molecule has 0 radical (unpaired) electrons. The predicted molar refractivity (Wildman–Crippen MR) is 69.3 cm³/mol. The van der Waals surface area contributed by atoms with Crippen LogP contribution in [0.5, 0.6) is 5.75 Å². The molecule has 1 atom stereocenters. The number of fused-ring (bicyclic) bond motifs is 3. The summed E-state index contributed by atoms with van der Waals surface area (Å²) in [5.41, 5.74) is 9.93. The molecule has 1 aliphatic carbocycles. The maximum absolute atomic E-state index is 6.14. The minimum Gasteiger partial charge on any atom is -0.494 e. The highest BCUT2D eigenvalue weighted by molar-refractivity contribution is 5.86. The van der Waals surface area contributed by atoms with Crippen LogP contribution < -0.4 is 10.5 Å². The van der Waals surface area contributed by atoms with Crippen molar-refractivity contribution >= 4 is 10.9 Å². The van der Waals surface area contributed by atoms with Crippen molar-refractivity contribution in [2.45, 2.75) is 32.2 Å². The Morgan fingerprint density at radius 2 is 2.35 bits per heavy atom. The Hall–Kier alpha value is -1.48. The summed E-state index contributed by atoms with van der Waals surface area (Å²) in [4.78, 5) is 3.45. The fourth-order valence-corrected chi connectivity index (χ4v) is 2.73. The van der Waals surface area contributed by atoms with Crippen molar-refractivity contribution in [3.8, 4) is 5.75 Å². The molecule has 0 saturated heterocycles. The molecule has 0 unspecified atom stereocenters. The Balaban J connectivity index is 2.15. The molecule has 0 aliphatic heterocycles. The number of aryl methyl sites for hydroxylation is 1. The van der Waals surface area contributed by atoms with Gasteiger partial charge in [0.05, 0.1) is 6.61 Å². The summed E-state index contributed by atoms with van der Waals surface area (Å²) in [5.74, 6) is 0.945. The van der Waals surface area contributed by atoms with Crippen molar-refractivity contribution < 1.29 is 4.74 Å². The van der Waals surface area contributed by atoms with Crippen molar-refractivity contribution in [1.82, 2.24) is 4.98 Å². The molecule has 90 valence electrons. The maximum atomic E-state index is 6.14. The Labute approximate surface area is 101 Å². The zero-order chi connectivity index (χ0) is 11.8. The molecule has 1 aliphatic rings. The van der Waals surface area contributed by atoms with Gasteiger partial charge in [-0.1, -0.05) is 0 Å². The van der Waals surface area contributed by atoms with Crippen LogP contribution in [0.15, 0.2) is 18.2 Å². The van der Waals surface area contributed by atoms with E-state index in [9.17, 15) is 0 Å². The van der Waals surface area contributed by atoms with Gasteiger partial charge in [0.1, 0.15) is 5.75 Å². The summed E-state index contributed by atoms with van der Waals surface area (Å²) in [6, 6.07) is 6.40. The molecule has 3 heteroatoms. The number of aromatic amines is 1. The molecule has 3 N–H and O–H groups in total. The molecule has 1 aromatic carbocycles. The Morgan fingerprint density at radius 3 is 3.18 bits per heavy atom. The highest BCUT2D eigenvalue weighted by atomic mass is 16.5. The number of aromatic nitrogens is 1. The number of hydrogen-bond donors (Lipinski definition) is 2. The fourth-order valence-electron chi connectivity index (χ4n) is 2.73. The van der Waals surface area contributed by atoms with Crippen LogP contribution in [0.3, 0.4) is 0 Å². The Morgan fingerprint density at radius 1 is 1.47 bits per heavy atom. The molecule has 0 spiro atoms. The van der Waals surface area contributed by atoms with Crippen molar-refractivity contribution in [2.24, 2.45) is 5.73 Å². The van der Waals surface area contributed by atoms with Gasteiger partial charge in [0, 0.05) is 22.6 Å². The summed E-state index contributed by atoms with van der Waals surface area (Å²) in [5, 5.41) is 1.28. The maximum Gasteiger partial charge on any atom is 0.120 e. The minimum atomic E-state index is 0.168. The third-order valence-corrected chi connectivity index (χ3v) is 3.53. The van der Waals surface area contributed by atoms with E-state index in [0.717, 1.165) is 18.6 Å². The van der Waals surface area contributed by atoms with Crippen molar-refractivity contribution in [1.29, 1.82) is 0 Å². The monoisotopic (exact) mass is 230 g/mol. The summed E-state index contributed by atoms with van der Waals surface area (Å²) < 4.78 is 5.56. The molecule has 0 saturated carbocycles. The lowest BCUT2D eigenvalue weighted by molar-refractivity contribution is 0.340. The third-order valence-electron chi connectivity index (χ3n) is 3.53. The summed E-state index contributed by atoms with van der Waals surface area (Å²) in [7, 11) is 0. The smallest absolute Gasteiger partial charge is 0.120 e. The molecule has 0 fully saturated rings. The van der Waals surface area contributed by atoms with Gasteiger partial charge in [0.25, 0.3) is 0 Å². The van der Waals surface area contributed by atoms with Gasteiger partial charge in [-0.3, -0.25) is 0 Å². The molecule has 2 aromatic rings. The van der Waals surface area contributed by atoms with Gasteiger partial charge in [-0.15, -0.1) is 0 Å². The quantitative estimate of drug-likeness (QED) is 0.833. The number of nitrogens with one attached hydrogen (secondary N) is 1. The second-order valence-electron chi connectivity index (χ2n) is 4.66. The lowest BCUT2D eigenvalue weighted by Gasteiger charge is -2.18. The van der Waals surface area contributed by atoms with E-state index in [-0.39, 0.29) is 6.04 Å². The Kier molecular flexibility index (Phi) is 2.56. The zero-order valence-corrected chi connectivity index (χ0v) is 10.1. The number of H-pyrrole nitrogens is 1. The molecule has 17 heavy (non-hydrogen) atoms. The molecule has 3 nitrogen and oxygen atoms in total. The number of nitrogens with two attached hydrogens (primary N) is 1. The van der Waals surface area contributed by atoms with E-state index in [4.69, 9.17) is 10.5 Å². The van der Waals surface area contributed by atoms with Crippen LogP contribution in [0, 0.1) is 0 Å². The van der Waals surface area contributed by atoms with Gasteiger partial charge in [-0.2, -0.15) is 0 Å². The van der Waals surface area contributed by atoms with Crippen LogP contribution in [-0.2, 0) is 6.42 Å². The first-order valence-electron chi connectivity index (χ1n) is 6.32. The van der Waals surface area contributed by atoms with Crippen LogP contribution in [-0.4, -0.2) is 11.6 Å². The standard InChI is InChI=1S/C14H18N2O/c1-2-17-9-6-7-13-11(8-9)10-4-3-5-12(15)14(10)16-13/h6-8,12,16H,2-5,15H2,1H3/t12-/m0/s1. The predicted octanol–water partition coefficient (Wildman–Crippen LogP) is 2.90. The average molecular weight is 230 g/mol. The average Bonchev–Trinajstić information content (AvgIpc) is 2.70. The second-order valence-corrected chi connectivity index (χ2v) is 4.66. The first-order valence-corrected chi connectivity index (χ1v) is 6.32. The third kappa shape index (κ3) is 1.71. The Bertz CT molecular complexity index is 544. The van der Waals surface area contributed by atoms with E-state index in [1.54, 1.807) is 0 Å². The van der Waals surface area contributed by atoms with Crippen LogP contribution >= 0.6 is 0 Å². The number of ether oxygens (including phenoxy) is 1. The highest BCUT2D eigenvalue weighted by Gasteiger charge is 2.21. The van der Waals surface area contributed by atoms with E-state index < -0.39 is 0 Å². The van der Waals surface area contributed by atoms with Crippen molar-refractivity contribution in [2.75, 3.05) is 6.61 Å². The van der Waals surface area contributed by atoms with Gasteiger partial charge < -0.3 is 15.5 Å². The number of benzene rings is 1. The molecule has 1 aromatic heterocycles. The van der Waals surface area contributed by atoms with E-state index in [0.29, 0.717) is 6.61 Å². The van der Waals surface area contributed by atoms with E-state index in [1.165, 1.54) is 28.6 Å². The SMILES string of the molecule is CCOc1ccc2[nH]c3c(c2c1)CCC[C@@H]3N. The first kappa shape index (κ1) is 10.7. The normalized spacial score (nSPS) is 19.3. The summed E-state index contributed by atoms with van der Waals surface area (Å²) >= 11 is 0. The largest absolute Gasteiger partial charge is 0.494 e. The molecule has 1 heterocycles. The van der Waals surface area contributed by atoms with Crippen LogP contribution in [0.25, 0.3) is 10.9 Å². The molecular formula is C14H18N2O. The van der Waals surface area contributed by atoms with Gasteiger partial charge >= 0.3 is 0 Å². The lowest BCUT2D eigenvalue weighted by Crippen LogP contribution is -2.16. The van der Waals surface area contributed by atoms with Gasteiger partial charge in [-0.05, 0) is 49.9 Å². The second kappa shape index (κ2) is 4.08. The van der Waals surface area contributed by atoms with E-state index in [2.05, 4.69) is 17.1 Å². The van der Waals surface area contributed by atoms with E-state index in [1.807, 2.05) is 13.0 Å². The minimum absolute atomic E-state index is 0.168. The van der Waals surface area contributed by atoms with Gasteiger partial charge in [0.2, 0.25) is 0 Å². The van der Waals surface area contributed by atoms with Gasteiger partial charge in [0.15, 0.2) is 0 Å². The molecule has 0 bridgehead atoms. The lowest BCUT2D eigenvalue weighted by atomic mass is 9.92. The van der Waals surface area contributed by atoms with Gasteiger partial charge in [-0.25, -0.2) is 0 Å². The van der Waals surface area contributed by atoms with E-state index >= 15 is 0 Å². The van der Waals surface area contributed by atoms with Crippen LogP contribution in [0.1, 0.15) is 37.1 Å². The molecule has 3 rings (SSSR count). The summed E-state index contributed by atoms with van der Waals surface area (Å²) in [6.45, 7) is 2.71. The fraction of sp³-hybridized carbons (Fsp3) is 0.429. The van der Waals surface area contributed by atoms with Crippen LogP contribution in [0.2, 0.25) is 0 Å². The summed E-state index contributed by atoms with van der Waals surface area (Å²) in [6.07, 6.45) is 3.39. The molecule has 0 amide bonds. The topological polar surface area (TPSA) is 51.0 Å². The zero-order valence-electron chi connectivity index (χ0n) is 10.1. The number of rotatable bonds is 2. The molecular weight excluding hydrogens is 212 g/mol. The van der Waals surface area contributed by atoms with Crippen molar-refractivity contribution in [3.63, 3.8) is 0 Å². The number of hydrogen-bond acceptors (Lipinski definition) is 2. The highest BCUT2D eigenvalue weighted by Crippen LogP contribution is 2.34. The van der Waals surface area contributed by atoms with Crippen LogP contribution in [0.4, 0.5) is 0 Å². The van der Waals surface area contributed by atoms with Crippen molar-refractivity contribution in [3.05, 3.63) is 29.5 Å². The first-order chi connectivity index (χ1) is 8.29.